The van der Waals surface area contributed by atoms with E-state index in [2.05, 4.69) is 5.32 Å². The normalized spacial score (nSPS) is 23.8. The van der Waals surface area contributed by atoms with Gasteiger partial charge in [0.25, 0.3) is 0 Å². The molecular weight excluding hydrogens is 414 g/mol. The van der Waals surface area contributed by atoms with Crippen molar-refractivity contribution in [3.63, 3.8) is 0 Å². The van der Waals surface area contributed by atoms with Crippen LogP contribution >= 0.6 is 11.6 Å². The second-order valence-corrected chi connectivity index (χ2v) is 9.18. The minimum atomic E-state index is -2.56. The Balaban J connectivity index is 1.85. The van der Waals surface area contributed by atoms with Crippen molar-refractivity contribution < 1.29 is 23.5 Å². The molecule has 164 valence electrons. The SMILES string of the molecule is CC(C)C1=CN(CCC(=O)O)C(=O)N[C@@]1(C)c1ccc(CC2CC(F)(F)C2)c(Cl)c1. The molecule has 1 fully saturated rings. The summed E-state index contributed by atoms with van der Waals surface area (Å²) in [4.78, 5) is 24.9. The number of urea groups is 1. The lowest BCUT2D eigenvalue weighted by molar-refractivity contribution is -0.137. The highest BCUT2D eigenvalue weighted by Crippen LogP contribution is 2.45. The molecule has 2 amide bonds. The third-order valence-corrected chi connectivity index (χ3v) is 6.34. The maximum Gasteiger partial charge on any atom is 0.322 e. The van der Waals surface area contributed by atoms with Crippen molar-refractivity contribution in [1.82, 2.24) is 10.2 Å². The van der Waals surface area contributed by atoms with Gasteiger partial charge in [-0.25, -0.2) is 13.6 Å². The third-order valence-electron chi connectivity index (χ3n) is 5.99. The fraction of sp³-hybridized carbons (Fsp3) is 0.545. The van der Waals surface area contributed by atoms with Gasteiger partial charge in [-0.2, -0.15) is 0 Å². The van der Waals surface area contributed by atoms with Gasteiger partial charge in [0.05, 0.1) is 12.0 Å². The van der Waals surface area contributed by atoms with Crippen LogP contribution in [0, 0.1) is 11.8 Å². The summed E-state index contributed by atoms with van der Waals surface area (Å²) in [5, 5.41) is 12.4. The van der Waals surface area contributed by atoms with E-state index >= 15 is 0 Å². The molecule has 2 aliphatic rings. The second kappa shape index (κ2) is 8.17. The molecule has 1 aliphatic heterocycles. The molecule has 0 aromatic heterocycles. The number of carbonyl (C=O) groups excluding carboxylic acids is 1. The second-order valence-electron chi connectivity index (χ2n) is 8.77. The standard InChI is InChI=1S/C22H27ClF2N2O3/c1-13(2)17-12-27(7-6-19(28)29)20(30)26-21(17,3)16-5-4-15(18(23)9-16)8-14-10-22(24,25)11-14/h4-5,9,12-14H,6-8,10-11H2,1-3H3,(H,26,30)(H,28,29)/t21-/m0/s1. The number of halogens is 3. The van der Waals surface area contributed by atoms with Crippen LogP contribution in [0.25, 0.3) is 0 Å². The first kappa shape index (κ1) is 22.5. The van der Waals surface area contributed by atoms with E-state index < -0.39 is 17.4 Å². The van der Waals surface area contributed by atoms with E-state index in [1.54, 1.807) is 12.3 Å². The highest BCUT2D eigenvalue weighted by atomic mass is 35.5. The Labute approximate surface area is 180 Å². The van der Waals surface area contributed by atoms with Crippen LogP contribution in [0.4, 0.5) is 13.6 Å². The summed E-state index contributed by atoms with van der Waals surface area (Å²) in [5.74, 6) is -3.51. The van der Waals surface area contributed by atoms with Crippen molar-refractivity contribution in [3.8, 4) is 0 Å². The Kier molecular flexibility index (Phi) is 6.14. The quantitative estimate of drug-likeness (QED) is 0.613. The zero-order valence-corrected chi connectivity index (χ0v) is 18.1. The number of amides is 2. The van der Waals surface area contributed by atoms with E-state index in [4.69, 9.17) is 16.7 Å². The minimum Gasteiger partial charge on any atom is -0.481 e. The van der Waals surface area contributed by atoms with Gasteiger partial charge in [-0.3, -0.25) is 4.79 Å². The highest BCUT2D eigenvalue weighted by Gasteiger charge is 2.45. The number of carboxylic acid groups (broad SMARTS) is 1. The Hall–Kier alpha value is -2.15. The minimum absolute atomic E-state index is 0.0674. The largest absolute Gasteiger partial charge is 0.481 e. The van der Waals surface area contributed by atoms with Crippen LogP contribution in [-0.2, 0) is 16.8 Å². The summed E-state index contributed by atoms with van der Waals surface area (Å²) < 4.78 is 26.2. The van der Waals surface area contributed by atoms with Crippen LogP contribution in [0.5, 0.6) is 0 Å². The molecule has 1 aromatic carbocycles. The summed E-state index contributed by atoms with van der Waals surface area (Å²) >= 11 is 6.49. The molecule has 1 aromatic rings. The molecule has 0 bridgehead atoms. The Morgan fingerprint density at radius 2 is 2.03 bits per heavy atom. The highest BCUT2D eigenvalue weighted by molar-refractivity contribution is 6.31. The van der Waals surface area contributed by atoms with Gasteiger partial charge >= 0.3 is 12.0 Å². The molecule has 0 saturated heterocycles. The molecular formula is C22H27ClF2N2O3. The first-order chi connectivity index (χ1) is 13.9. The van der Waals surface area contributed by atoms with Gasteiger partial charge in [-0.15, -0.1) is 0 Å². The molecule has 0 spiro atoms. The molecule has 3 rings (SSSR count). The number of alkyl halides is 2. The molecule has 1 atom stereocenters. The molecule has 30 heavy (non-hydrogen) atoms. The van der Waals surface area contributed by atoms with Crippen LogP contribution in [0.1, 0.15) is 51.2 Å². The summed E-state index contributed by atoms with van der Waals surface area (Å²) in [5.41, 5.74) is 1.73. The van der Waals surface area contributed by atoms with E-state index in [0.717, 1.165) is 16.7 Å². The number of hydrogen-bond acceptors (Lipinski definition) is 2. The number of hydrogen-bond donors (Lipinski definition) is 2. The van der Waals surface area contributed by atoms with E-state index in [1.807, 2.05) is 32.9 Å². The topological polar surface area (TPSA) is 69.6 Å². The average Bonchev–Trinajstić information content (AvgIpc) is 2.60. The average molecular weight is 441 g/mol. The fourth-order valence-corrected chi connectivity index (χ4v) is 4.58. The lowest BCUT2D eigenvalue weighted by atomic mass is 9.76. The maximum atomic E-state index is 13.1. The summed E-state index contributed by atoms with van der Waals surface area (Å²) in [7, 11) is 0. The Morgan fingerprint density at radius 1 is 1.37 bits per heavy atom. The Morgan fingerprint density at radius 3 is 2.57 bits per heavy atom. The first-order valence-electron chi connectivity index (χ1n) is 10.1. The predicted octanol–water partition coefficient (Wildman–Crippen LogP) is 5.18. The van der Waals surface area contributed by atoms with Crippen molar-refractivity contribution in [3.05, 3.63) is 46.1 Å². The Bertz CT molecular complexity index is 879. The number of carbonyl (C=O) groups is 2. The lowest BCUT2D eigenvalue weighted by Gasteiger charge is -2.42. The van der Waals surface area contributed by atoms with Crippen LogP contribution in [0.15, 0.2) is 30.0 Å². The van der Waals surface area contributed by atoms with E-state index in [9.17, 15) is 18.4 Å². The number of aliphatic carboxylic acids is 1. The van der Waals surface area contributed by atoms with Crippen LogP contribution in [0.3, 0.4) is 0 Å². The van der Waals surface area contributed by atoms with Gasteiger partial charge in [0.1, 0.15) is 0 Å². The van der Waals surface area contributed by atoms with Crippen molar-refractivity contribution in [1.29, 1.82) is 0 Å². The monoisotopic (exact) mass is 440 g/mol. The number of carboxylic acids is 1. The van der Waals surface area contributed by atoms with Crippen molar-refractivity contribution in [2.75, 3.05) is 6.54 Å². The molecule has 1 aliphatic carbocycles. The molecule has 1 saturated carbocycles. The fourth-order valence-electron chi connectivity index (χ4n) is 4.33. The lowest BCUT2D eigenvalue weighted by Crippen LogP contribution is -2.55. The number of benzene rings is 1. The summed E-state index contributed by atoms with van der Waals surface area (Å²) in [6.45, 7) is 5.98. The maximum absolute atomic E-state index is 13.1. The molecule has 8 heteroatoms. The van der Waals surface area contributed by atoms with Gasteiger partial charge in [0.15, 0.2) is 0 Å². The van der Waals surface area contributed by atoms with E-state index in [0.29, 0.717) is 11.4 Å². The molecule has 0 unspecified atom stereocenters. The predicted molar refractivity (Wildman–Crippen MR) is 111 cm³/mol. The van der Waals surface area contributed by atoms with Crippen LogP contribution in [0.2, 0.25) is 5.02 Å². The van der Waals surface area contributed by atoms with Gasteiger partial charge < -0.3 is 15.3 Å². The molecule has 0 radical (unpaired) electrons. The number of nitrogens with zero attached hydrogens (tertiary/aromatic N) is 1. The van der Waals surface area contributed by atoms with Crippen molar-refractivity contribution in [2.24, 2.45) is 11.8 Å². The molecule has 5 nitrogen and oxygen atoms in total. The van der Waals surface area contributed by atoms with E-state index in [1.165, 1.54) is 4.90 Å². The van der Waals surface area contributed by atoms with Gasteiger partial charge in [0, 0.05) is 30.6 Å². The zero-order valence-electron chi connectivity index (χ0n) is 17.3. The van der Waals surface area contributed by atoms with Crippen LogP contribution < -0.4 is 5.32 Å². The van der Waals surface area contributed by atoms with Gasteiger partial charge in [-0.1, -0.05) is 37.6 Å². The number of nitrogens with one attached hydrogen (secondary N) is 1. The molecule has 1 heterocycles. The van der Waals surface area contributed by atoms with Crippen molar-refractivity contribution in [2.45, 2.75) is 57.9 Å². The van der Waals surface area contributed by atoms with Crippen LogP contribution in [-0.4, -0.2) is 34.5 Å². The van der Waals surface area contributed by atoms with Gasteiger partial charge in [-0.05, 0) is 47.9 Å². The molecule has 2 N–H and O–H groups in total. The van der Waals surface area contributed by atoms with E-state index in [-0.39, 0.29) is 43.7 Å². The van der Waals surface area contributed by atoms with Crippen molar-refractivity contribution >= 4 is 23.6 Å². The first-order valence-corrected chi connectivity index (χ1v) is 10.5. The third kappa shape index (κ3) is 4.61. The zero-order chi connectivity index (χ0) is 22.3. The van der Waals surface area contributed by atoms with Gasteiger partial charge in [0.2, 0.25) is 5.92 Å². The summed E-state index contributed by atoms with van der Waals surface area (Å²) in [6.07, 6.45) is 1.88. The summed E-state index contributed by atoms with van der Waals surface area (Å²) in [6, 6.07) is 5.14. The smallest absolute Gasteiger partial charge is 0.322 e. The number of rotatable bonds is 7.